The second-order valence-electron chi connectivity index (χ2n) is 10.4. The van der Waals surface area contributed by atoms with Crippen LogP contribution in [-0.2, 0) is 6.54 Å². The molecule has 0 amide bonds. The molecule has 2 aliphatic rings. The van der Waals surface area contributed by atoms with Crippen molar-refractivity contribution < 1.29 is 5.11 Å². The normalized spacial score (nSPS) is 18.4. The number of hydrogen-bond acceptors (Lipinski definition) is 7. The number of likely N-dealkylation sites (tertiary alicyclic amines) is 1. The summed E-state index contributed by atoms with van der Waals surface area (Å²) in [5, 5.41) is 26.6. The van der Waals surface area contributed by atoms with E-state index in [1.165, 1.54) is 0 Å². The summed E-state index contributed by atoms with van der Waals surface area (Å²) in [6.07, 6.45) is 1.61. The molecule has 0 bridgehead atoms. The minimum Gasteiger partial charge on any atom is -0.374 e. The minimum atomic E-state index is -0.627. The van der Waals surface area contributed by atoms with Gasteiger partial charge in [-0.2, -0.15) is 5.10 Å². The number of aliphatic hydroxyl groups is 1. The first-order valence-corrected chi connectivity index (χ1v) is 13.9. The van der Waals surface area contributed by atoms with Gasteiger partial charge in [-0.15, -0.1) is 10.2 Å². The standard InChI is InChI=1S/C29H34ClN7O/c1-34-14-16-35(17-15-34)18-19-37-28-24(25(30)27(31-32-28)21-8-3-2-4-9-21)26(33-37)22-10-7-11-23(20-22)29(38)36-12-5-6-13-36/h2-4,7-11,20,29,38H,5-6,12-19H2,1H3. The summed E-state index contributed by atoms with van der Waals surface area (Å²) in [5.74, 6) is 0. The second-order valence-corrected chi connectivity index (χ2v) is 10.8. The average molecular weight is 532 g/mol. The van der Waals surface area contributed by atoms with E-state index in [-0.39, 0.29) is 0 Å². The van der Waals surface area contributed by atoms with Crippen LogP contribution in [0.3, 0.4) is 0 Å². The van der Waals surface area contributed by atoms with Crippen LogP contribution in [0.15, 0.2) is 54.6 Å². The number of halogens is 1. The van der Waals surface area contributed by atoms with Crippen molar-refractivity contribution >= 4 is 22.6 Å². The molecule has 0 radical (unpaired) electrons. The molecule has 198 valence electrons. The highest BCUT2D eigenvalue weighted by atomic mass is 35.5. The molecular weight excluding hydrogens is 498 g/mol. The third-order valence-electron chi connectivity index (χ3n) is 7.81. The summed E-state index contributed by atoms with van der Waals surface area (Å²) in [7, 11) is 2.17. The Morgan fingerprint density at radius 1 is 0.842 bits per heavy atom. The maximum absolute atomic E-state index is 11.0. The van der Waals surface area contributed by atoms with E-state index >= 15 is 0 Å². The molecule has 2 aromatic heterocycles. The van der Waals surface area contributed by atoms with Gasteiger partial charge in [0, 0.05) is 56.9 Å². The topological polar surface area (TPSA) is 73.6 Å². The summed E-state index contributed by atoms with van der Waals surface area (Å²) in [6, 6.07) is 17.9. The Hall–Kier alpha value is -2.88. The van der Waals surface area contributed by atoms with E-state index in [4.69, 9.17) is 16.7 Å². The molecule has 2 aliphatic heterocycles. The molecule has 2 fully saturated rings. The van der Waals surface area contributed by atoms with Crippen molar-refractivity contribution in [3.05, 3.63) is 65.2 Å². The maximum atomic E-state index is 11.0. The van der Waals surface area contributed by atoms with Crippen molar-refractivity contribution in [2.45, 2.75) is 25.6 Å². The quantitative estimate of drug-likeness (QED) is 0.384. The predicted molar refractivity (Wildman–Crippen MR) is 151 cm³/mol. The van der Waals surface area contributed by atoms with Gasteiger partial charge in [0.25, 0.3) is 0 Å². The van der Waals surface area contributed by atoms with Gasteiger partial charge in [0.05, 0.1) is 17.0 Å². The fourth-order valence-electron chi connectivity index (χ4n) is 5.51. The Balaban J connectivity index is 1.40. The highest BCUT2D eigenvalue weighted by Gasteiger charge is 2.24. The first-order valence-electron chi connectivity index (χ1n) is 13.5. The number of aliphatic hydroxyl groups excluding tert-OH is 1. The smallest absolute Gasteiger partial charge is 0.182 e. The van der Waals surface area contributed by atoms with Gasteiger partial charge in [0.2, 0.25) is 0 Å². The fraction of sp³-hybridized carbons (Fsp3) is 0.414. The number of rotatable bonds is 7. The van der Waals surface area contributed by atoms with Gasteiger partial charge in [0.1, 0.15) is 17.6 Å². The Morgan fingerprint density at radius 2 is 1.58 bits per heavy atom. The van der Waals surface area contributed by atoms with Crippen LogP contribution in [0.1, 0.15) is 24.6 Å². The lowest BCUT2D eigenvalue weighted by atomic mass is 10.0. The Kier molecular flexibility index (Phi) is 7.41. The molecule has 38 heavy (non-hydrogen) atoms. The number of likely N-dealkylation sites (N-methyl/N-ethyl adjacent to an activating group) is 1. The number of piperazine rings is 1. The van der Waals surface area contributed by atoms with Gasteiger partial charge in [-0.1, -0.05) is 60.1 Å². The summed E-state index contributed by atoms with van der Waals surface area (Å²) in [5.41, 5.74) is 4.80. The molecule has 1 N–H and O–H groups in total. The molecule has 0 spiro atoms. The lowest BCUT2D eigenvalue weighted by Crippen LogP contribution is -2.45. The van der Waals surface area contributed by atoms with Crippen molar-refractivity contribution in [1.29, 1.82) is 0 Å². The van der Waals surface area contributed by atoms with E-state index in [0.717, 1.165) is 86.4 Å². The van der Waals surface area contributed by atoms with Crippen molar-refractivity contribution in [2.24, 2.45) is 0 Å². The third kappa shape index (κ3) is 5.07. The van der Waals surface area contributed by atoms with Gasteiger partial charge in [-0.05, 0) is 31.5 Å². The summed E-state index contributed by atoms with van der Waals surface area (Å²) in [4.78, 5) is 6.95. The maximum Gasteiger partial charge on any atom is 0.182 e. The molecule has 2 aromatic carbocycles. The zero-order chi connectivity index (χ0) is 26.1. The molecule has 1 atom stereocenters. The number of benzene rings is 2. The largest absolute Gasteiger partial charge is 0.374 e. The molecular formula is C29H34ClN7O. The SMILES string of the molecule is CN1CCN(CCn2nc(-c3cccc(C(O)N4CCCC4)c3)c3c(Cl)c(-c4ccccc4)nnc32)CC1. The van der Waals surface area contributed by atoms with E-state index in [9.17, 15) is 5.11 Å². The van der Waals surface area contributed by atoms with Gasteiger partial charge in [-0.25, -0.2) is 4.68 Å². The van der Waals surface area contributed by atoms with Crippen LogP contribution in [0.2, 0.25) is 5.02 Å². The lowest BCUT2D eigenvalue weighted by molar-refractivity contribution is 0.0191. The summed E-state index contributed by atoms with van der Waals surface area (Å²) in [6.45, 7) is 7.65. The van der Waals surface area contributed by atoms with Crippen LogP contribution in [0.4, 0.5) is 0 Å². The number of hydrogen-bond donors (Lipinski definition) is 1. The molecule has 9 heteroatoms. The zero-order valence-corrected chi connectivity index (χ0v) is 22.6. The molecule has 1 unspecified atom stereocenters. The number of aromatic nitrogens is 4. The Bertz CT molecular complexity index is 1400. The molecule has 4 aromatic rings. The van der Waals surface area contributed by atoms with Crippen LogP contribution >= 0.6 is 11.6 Å². The van der Waals surface area contributed by atoms with Crippen molar-refractivity contribution in [2.75, 3.05) is 52.9 Å². The fourth-order valence-corrected chi connectivity index (χ4v) is 5.83. The van der Waals surface area contributed by atoms with Crippen molar-refractivity contribution in [3.8, 4) is 22.5 Å². The molecule has 6 rings (SSSR count). The van der Waals surface area contributed by atoms with Gasteiger partial charge >= 0.3 is 0 Å². The van der Waals surface area contributed by atoms with E-state index in [1.54, 1.807) is 0 Å². The van der Waals surface area contributed by atoms with Gasteiger partial charge in [0.15, 0.2) is 5.65 Å². The summed E-state index contributed by atoms with van der Waals surface area (Å²) >= 11 is 7.09. The summed E-state index contributed by atoms with van der Waals surface area (Å²) < 4.78 is 1.94. The molecule has 4 heterocycles. The van der Waals surface area contributed by atoms with E-state index in [1.807, 2.05) is 59.3 Å². The highest BCUT2D eigenvalue weighted by molar-refractivity contribution is 6.38. The van der Waals surface area contributed by atoms with E-state index < -0.39 is 6.23 Å². The Labute approximate surface area is 228 Å². The average Bonchev–Trinajstić information content (AvgIpc) is 3.62. The minimum absolute atomic E-state index is 0.549. The van der Waals surface area contributed by atoms with Crippen molar-refractivity contribution in [3.63, 3.8) is 0 Å². The van der Waals surface area contributed by atoms with Crippen LogP contribution in [0, 0.1) is 0 Å². The third-order valence-corrected chi connectivity index (χ3v) is 8.18. The second kappa shape index (κ2) is 11.1. The Morgan fingerprint density at radius 3 is 2.34 bits per heavy atom. The number of nitrogens with zero attached hydrogens (tertiary/aromatic N) is 7. The first kappa shape index (κ1) is 25.4. The first-order chi connectivity index (χ1) is 18.6. The molecule has 8 nitrogen and oxygen atoms in total. The van der Waals surface area contributed by atoms with Crippen molar-refractivity contribution in [1.82, 2.24) is 34.7 Å². The lowest BCUT2D eigenvalue weighted by Gasteiger charge is -2.32. The number of fused-ring (bicyclic) bond motifs is 1. The van der Waals surface area contributed by atoms with Crippen LogP contribution in [-0.4, -0.2) is 92.6 Å². The van der Waals surface area contributed by atoms with Gasteiger partial charge < -0.3 is 10.0 Å². The molecule has 0 saturated carbocycles. The predicted octanol–water partition coefficient (Wildman–Crippen LogP) is 4.15. The zero-order valence-electron chi connectivity index (χ0n) is 21.8. The highest BCUT2D eigenvalue weighted by Crippen LogP contribution is 2.38. The molecule has 2 saturated heterocycles. The van der Waals surface area contributed by atoms with Crippen LogP contribution in [0.5, 0.6) is 0 Å². The van der Waals surface area contributed by atoms with Crippen LogP contribution < -0.4 is 0 Å². The monoisotopic (exact) mass is 531 g/mol. The molecule has 0 aliphatic carbocycles. The van der Waals surface area contributed by atoms with Gasteiger partial charge in [-0.3, -0.25) is 9.80 Å². The van der Waals surface area contributed by atoms with E-state index in [2.05, 4.69) is 31.9 Å². The van der Waals surface area contributed by atoms with E-state index in [0.29, 0.717) is 22.9 Å². The van der Waals surface area contributed by atoms with Crippen LogP contribution in [0.25, 0.3) is 33.5 Å².